The average Bonchev–Trinajstić information content (AvgIpc) is 2.23. The van der Waals surface area contributed by atoms with Crippen LogP contribution in [0.25, 0.3) is 0 Å². The standard InChI is InChI=1S/C13H22N2O2S2/c1-9-7-12(14)8-10(2)13(9)19(16,17)15-11(3)5-6-18-4/h7-8,11,15H,5-6,14H2,1-4H3. The summed E-state index contributed by atoms with van der Waals surface area (Å²) in [5.41, 5.74) is 7.67. The molecule has 4 nitrogen and oxygen atoms in total. The van der Waals surface area contributed by atoms with Crippen molar-refractivity contribution in [2.24, 2.45) is 0 Å². The Morgan fingerprint density at radius 2 is 1.84 bits per heavy atom. The Bertz CT molecular complexity index is 519. The second-order valence-electron chi connectivity index (χ2n) is 4.79. The molecule has 1 unspecified atom stereocenters. The summed E-state index contributed by atoms with van der Waals surface area (Å²) in [5.74, 6) is 0.934. The van der Waals surface area contributed by atoms with Gasteiger partial charge in [0, 0.05) is 11.7 Å². The second-order valence-corrected chi connectivity index (χ2v) is 7.42. The van der Waals surface area contributed by atoms with Crippen molar-refractivity contribution >= 4 is 27.5 Å². The summed E-state index contributed by atoms with van der Waals surface area (Å²) in [4.78, 5) is 0.345. The summed E-state index contributed by atoms with van der Waals surface area (Å²) in [6.07, 6.45) is 2.82. The second kappa shape index (κ2) is 6.63. The van der Waals surface area contributed by atoms with Gasteiger partial charge in [-0.05, 0) is 62.5 Å². The zero-order valence-corrected chi connectivity index (χ0v) is 13.5. The number of hydrogen-bond donors (Lipinski definition) is 2. The number of anilines is 1. The van der Waals surface area contributed by atoms with Crippen LogP contribution in [0.3, 0.4) is 0 Å². The number of benzene rings is 1. The van der Waals surface area contributed by atoms with Gasteiger partial charge in [0.1, 0.15) is 0 Å². The summed E-state index contributed by atoms with van der Waals surface area (Å²) in [5, 5.41) is 0. The number of nitrogens with one attached hydrogen (secondary N) is 1. The SMILES string of the molecule is CSCCC(C)NS(=O)(=O)c1c(C)cc(N)cc1C. The molecular formula is C13H22N2O2S2. The fraction of sp³-hybridized carbons (Fsp3) is 0.538. The van der Waals surface area contributed by atoms with Crippen LogP contribution in [0.15, 0.2) is 17.0 Å². The van der Waals surface area contributed by atoms with Crippen molar-refractivity contribution in [2.75, 3.05) is 17.7 Å². The Morgan fingerprint density at radius 1 is 1.32 bits per heavy atom. The molecule has 0 aliphatic rings. The number of thioether (sulfide) groups is 1. The molecule has 108 valence electrons. The molecule has 0 amide bonds. The molecule has 1 rings (SSSR count). The van der Waals surface area contributed by atoms with E-state index in [1.807, 2.05) is 13.2 Å². The van der Waals surface area contributed by atoms with Crippen molar-refractivity contribution in [1.82, 2.24) is 4.72 Å². The van der Waals surface area contributed by atoms with Crippen LogP contribution in [0.2, 0.25) is 0 Å². The van der Waals surface area contributed by atoms with Crippen LogP contribution in [0.5, 0.6) is 0 Å². The van der Waals surface area contributed by atoms with Crippen LogP contribution < -0.4 is 10.5 Å². The lowest BCUT2D eigenvalue weighted by Gasteiger charge is -2.17. The molecule has 1 aromatic carbocycles. The van der Waals surface area contributed by atoms with Crippen LogP contribution in [-0.2, 0) is 10.0 Å². The maximum absolute atomic E-state index is 12.4. The third kappa shape index (κ3) is 4.40. The van der Waals surface area contributed by atoms with E-state index in [1.54, 1.807) is 37.7 Å². The summed E-state index contributed by atoms with van der Waals surface area (Å²) in [6.45, 7) is 5.42. The van der Waals surface area contributed by atoms with E-state index >= 15 is 0 Å². The summed E-state index contributed by atoms with van der Waals surface area (Å²) < 4.78 is 27.5. The predicted octanol–water partition coefficient (Wildman–Crippen LogP) is 2.31. The van der Waals surface area contributed by atoms with E-state index in [1.165, 1.54) is 0 Å². The number of nitrogen functional groups attached to an aromatic ring is 1. The van der Waals surface area contributed by atoms with Crippen molar-refractivity contribution in [3.63, 3.8) is 0 Å². The topological polar surface area (TPSA) is 72.2 Å². The molecule has 0 heterocycles. The Morgan fingerprint density at radius 3 is 2.32 bits per heavy atom. The van der Waals surface area contributed by atoms with Gasteiger partial charge >= 0.3 is 0 Å². The first kappa shape index (κ1) is 16.3. The molecule has 0 saturated heterocycles. The van der Waals surface area contributed by atoms with Gasteiger partial charge in [-0.3, -0.25) is 0 Å². The van der Waals surface area contributed by atoms with Crippen LogP contribution in [0.4, 0.5) is 5.69 Å². The molecule has 3 N–H and O–H groups in total. The van der Waals surface area contributed by atoms with Crippen LogP contribution in [-0.4, -0.2) is 26.5 Å². The van der Waals surface area contributed by atoms with Crippen molar-refractivity contribution < 1.29 is 8.42 Å². The minimum atomic E-state index is -3.48. The molecule has 0 bridgehead atoms. The third-order valence-corrected chi connectivity index (χ3v) is 5.40. The third-order valence-electron chi connectivity index (χ3n) is 2.86. The summed E-state index contributed by atoms with van der Waals surface area (Å²) >= 11 is 1.71. The first-order valence-corrected chi connectivity index (χ1v) is 9.03. The monoisotopic (exact) mass is 302 g/mol. The number of nitrogens with two attached hydrogens (primary N) is 1. The molecule has 0 aliphatic carbocycles. The van der Waals surface area contributed by atoms with Crippen molar-refractivity contribution in [1.29, 1.82) is 0 Å². The molecular weight excluding hydrogens is 280 g/mol. The highest BCUT2D eigenvalue weighted by Crippen LogP contribution is 2.23. The Kier molecular flexibility index (Phi) is 5.70. The predicted molar refractivity (Wildman–Crippen MR) is 83.1 cm³/mol. The van der Waals surface area contributed by atoms with Crippen molar-refractivity contribution in [3.05, 3.63) is 23.3 Å². The molecule has 0 saturated carbocycles. The van der Waals surface area contributed by atoms with E-state index < -0.39 is 10.0 Å². The van der Waals surface area contributed by atoms with Gasteiger partial charge in [0.2, 0.25) is 10.0 Å². The minimum Gasteiger partial charge on any atom is -0.399 e. The molecule has 0 aromatic heterocycles. The summed E-state index contributed by atoms with van der Waals surface area (Å²) in [6, 6.07) is 3.30. The zero-order chi connectivity index (χ0) is 14.6. The van der Waals surface area contributed by atoms with Gasteiger partial charge < -0.3 is 5.73 Å². The van der Waals surface area contributed by atoms with E-state index in [0.29, 0.717) is 21.7 Å². The lowest BCUT2D eigenvalue weighted by molar-refractivity contribution is 0.556. The normalized spacial score (nSPS) is 13.5. The maximum atomic E-state index is 12.4. The minimum absolute atomic E-state index is 0.0752. The van der Waals surface area contributed by atoms with Crippen LogP contribution in [0.1, 0.15) is 24.5 Å². The lowest BCUT2D eigenvalue weighted by atomic mass is 10.1. The van der Waals surface area contributed by atoms with Crippen molar-refractivity contribution in [2.45, 2.75) is 38.1 Å². The number of hydrogen-bond acceptors (Lipinski definition) is 4. The Labute approximate surface area is 120 Å². The highest BCUT2D eigenvalue weighted by atomic mass is 32.2. The fourth-order valence-electron chi connectivity index (χ4n) is 2.08. The number of aryl methyl sites for hydroxylation is 2. The first-order valence-electron chi connectivity index (χ1n) is 6.16. The molecule has 19 heavy (non-hydrogen) atoms. The first-order chi connectivity index (χ1) is 8.77. The molecule has 0 fully saturated rings. The van der Waals surface area contributed by atoms with Gasteiger partial charge in [-0.25, -0.2) is 13.1 Å². The molecule has 0 radical (unpaired) electrons. The van der Waals surface area contributed by atoms with E-state index in [-0.39, 0.29) is 6.04 Å². The highest BCUT2D eigenvalue weighted by Gasteiger charge is 2.21. The van der Waals surface area contributed by atoms with E-state index in [4.69, 9.17) is 5.73 Å². The van der Waals surface area contributed by atoms with Gasteiger partial charge in [0.15, 0.2) is 0 Å². The lowest BCUT2D eigenvalue weighted by Crippen LogP contribution is -2.33. The molecule has 6 heteroatoms. The van der Waals surface area contributed by atoms with Gasteiger partial charge in [0.25, 0.3) is 0 Å². The van der Waals surface area contributed by atoms with Gasteiger partial charge in [-0.2, -0.15) is 11.8 Å². The number of sulfonamides is 1. The molecule has 1 aromatic rings. The Hall–Kier alpha value is -0.720. The average molecular weight is 302 g/mol. The number of rotatable bonds is 6. The van der Waals surface area contributed by atoms with Gasteiger partial charge in [-0.15, -0.1) is 0 Å². The van der Waals surface area contributed by atoms with E-state index in [2.05, 4.69) is 4.72 Å². The Balaban J connectivity index is 3.01. The van der Waals surface area contributed by atoms with Gasteiger partial charge in [-0.1, -0.05) is 0 Å². The fourth-order valence-corrected chi connectivity index (χ4v) is 4.41. The smallest absolute Gasteiger partial charge is 0.241 e. The molecule has 0 spiro atoms. The maximum Gasteiger partial charge on any atom is 0.241 e. The quantitative estimate of drug-likeness (QED) is 0.791. The van der Waals surface area contributed by atoms with Crippen molar-refractivity contribution in [3.8, 4) is 0 Å². The zero-order valence-electron chi connectivity index (χ0n) is 11.9. The molecule has 0 aliphatic heterocycles. The molecule has 1 atom stereocenters. The van der Waals surface area contributed by atoms with Gasteiger partial charge in [0.05, 0.1) is 4.90 Å². The highest BCUT2D eigenvalue weighted by molar-refractivity contribution is 7.98. The largest absolute Gasteiger partial charge is 0.399 e. The van der Waals surface area contributed by atoms with E-state index in [0.717, 1.165) is 12.2 Å². The summed E-state index contributed by atoms with van der Waals surface area (Å²) in [7, 11) is -3.48. The van der Waals surface area contributed by atoms with E-state index in [9.17, 15) is 8.42 Å². The van der Waals surface area contributed by atoms with Crippen LogP contribution >= 0.6 is 11.8 Å². The van der Waals surface area contributed by atoms with Crippen LogP contribution in [0, 0.1) is 13.8 Å².